The first kappa shape index (κ1) is 28.2. The van der Waals surface area contributed by atoms with Crippen LogP contribution in [0.15, 0.2) is 76.9 Å². The Balaban J connectivity index is 1.51. The summed E-state index contributed by atoms with van der Waals surface area (Å²) in [6, 6.07) is 18.2. The fourth-order valence-corrected chi connectivity index (χ4v) is 9.32. The van der Waals surface area contributed by atoms with Gasteiger partial charge in [0.25, 0.3) is 0 Å². The number of thioether (sulfide) groups is 1. The van der Waals surface area contributed by atoms with Crippen molar-refractivity contribution in [2.45, 2.75) is 57.8 Å². The van der Waals surface area contributed by atoms with Gasteiger partial charge in [0.2, 0.25) is 0 Å². The van der Waals surface area contributed by atoms with Crippen LogP contribution in [-0.2, 0) is 9.59 Å². The Bertz CT molecular complexity index is 1440. The Kier molecular flexibility index (Phi) is 7.61. The minimum absolute atomic E-state index is 0.00669. The molecule has 41 heavy (non-hydrogen) atoms. The number of nitrogens with zero attached hydrogens (tertiary/aromatic N) is 1. The van der Waals surface area contributed by atoms with Crippen molar-refractivity contribution in [2.75, 3.05) is 31.0 Å². The second-order valence-electron chi connectivity index (χ2n) is 12.9. The molecule has 0 heterocycles. The van der Waals surface area contributed by atoms with Gasteiger partial charge in [0.15, 0.2) is 11.6 Å². The fraction of sp³-hybridized carbons (Fsp3) is 0.472. The van der Waals surface area contributed by atoms with Crippen molar-refractivity contribution >= 4 is 34.8 Å². The molecule has 0 aromatic heterocycles. The van der Waals surface area contributed by atoms with Crippen LogP contribution in [-0.4, -0.2) is 43.5 Å². The molecular weight excluding hydrogens is 526 g/mol. The molecule has 4 nitrogen and oxygen atoms in total. The monoisotopic (exact) mass is 567 g/mol. The van der Waals surface area contributed by atoms with E-state index >= 15 is 0 Å². The van der Waals surface area contributed by atoms with Crippen molar-refractivity contribution in [3.63, 3.8) is 0 Å². The molecule has 2 saturated carbocycles. The molecule has 4 aliphatic carbocycles. The molecule has 0 spiro atoms. The summed E-state index contributed by atoms with van der Waals surface area (Å²) in [6.07, 6.45) is 7.87. The first-order valence-corrected chi connectivity index (χ1v) is 16.5. The number of benzene rings is 2. The SMILES string of the molecule is CSCC(=O)C1CCC2C3CCC4=C(C(=O)c5ccccc5)C(=O)CCC4=C3C(c3ccc(N(C)C)cc3)CC12C. The van der Waals surface area contributed by atoms with Gasteiger partial charge in [0.1, 0.15) is 5.78 Å². The molecule has 214 valence electrons. The second-order valence-corrected chi connectivity index (χ2v) is 13.8. The van der Waals surface area contributed by atoms with Crippen LogP contribution in [0.5, 0.6) is 0 Å². The van der Waals surface area contributed by atoms with E-state index in [0.29, 0.717) is 40.9 Å². The summed E-state index contributed by atoms with van der Waals surface area (Å²) in [6.45, 7) is 2.40. The van der Waals surface area contributed by atoms with Gasteiger partial charge in [-0.05, 0) is 90.9 Å². The van der Waals surface area contributed by atoms with Gasteiger partial charge in [-0.1, -0.05) is 55.0 Å². The lowest BCUT2D eigenvalue weighted by atomic mass is 9.51. The molecule has 5 unspecified atom stereocenters. The predicted octanol–water partition coefficient (Wildman–Crippen LogP) is 7.45. The van der Waals surface area contributed by atoms with E-state index in [9.17, 15) is 14.4 Å². The van der Waals surface area contributed by atoms with E-state index in [1.807, 2.05) is 36.6 Å². The van der Waals surface area contributed by atoms with Crippen LogP contribution in [0.2, 0.25) is 0 Å². The number of anilines is 1. The van der Waals surface area contributed by atoms with E-state index in [1.165, 1.54) is 22.4 Å². The van der Waals surface area contributed by atoms with Crippen molar-refractivity contribution in [1.82, 2.24) is 0 Å². The van der Waals surface area contributed by atoms with Crippen LogP contribution < -0.4 is 4.90 Å². The maximum atomic E-state index is 13.7. The zero-order valence-corrected chi connectivity index (χ0v) is 25.6. The molecule has 4 aliphatic rings. The van der Waals surface area contributed by atoms with Gasteiger partial charge in [-0.2, -0.15) is 11.8 Å². The molecule has 5 heteroatoms. The predicted molar refractivity (Wildman–Crippen MR) is 168 cm³/mol. The first-order chi connectivity index (χ1) is 19.7. The maximum absolute atomic E-state index is 13.7. The van der Waals surface area contributed by atoms with Crippen LogP contribution in [0.1, 0.15) is 73.7 Å². The summed E-state index contributed by atoms with van der Waals surface area (Å²) in [7, 11) is 4.12. The highest BCUT2D eigenvalue weighted by atomic mass is 32.2. The van der Waals surface area contributed by atoms with Gasteiger partial charge >= 0.3 is 0 Å². The van der Waals surface area contributed by atoms with E-state index in [4.69, 9.17) is 0 Å². The minimum Gasteiger partial charge on any atom is -0.378 e. The molecule has 0 bridgehead atoms. The number of hydrogen-bond acceptors (Lipinski definition) is 5. The molecule has 0 amide bonds. The average molecular weight is 568 g/mol. The lowest BCUT2D eigenvalue weighted by Gasteiger charge is -2.52. The van der Waals surface area contributed by atoms with Crippen LogP contribution in [0.3, 0.4) is 0 Å². The third kappa shape index (κ3) is 4.74. The third-order valence-corrected chi connectivity index (χ3v) is 11.2. The van der Waals surface area contributed by atoms with E-state index in [1.54, 1.807) is 11.8 Å². The van der Waals surface area contributed by atoms with Crippen LogP contribution in [0, 0.1) is 23.2 Å². The average Bonchev–Trinajstić information content (AvgIpc) is 3.33. The Morgan fingerprint density at radius 1 is 0.927 bits per heavy atom. The van der Waals surface area contributed by atoms with Crippen molar-refractivity contribution in [3.8, 4) is 0 Å². The van der Waals surface area contributed by atoms with Crippen LogP contribution >= 0.6 is 11.8 Å². The third-order valence-electron chi connectivity index (χ3n) is 10.7. The van der Waals surface area contributed by atoms with Gasteiger partial charge in [-0.3, -0.25) is 14.4 Å². The number of allylic oxidation sites excluding steroid dienone is 4. The fourth-order valence-electron chi connectivity index (χ4n) is 8.83. The number of rotatable bonds is 7. The van der Waals surface area contributed by atoms with Crippen molar-refractivity contribution in [1.29, 1.82) is 0 Å². The molecule has 2 aromatic rings. The molecule has 6 rings (SSSR count). The Morgan fingerprint density at radius 2 is 1.66 bits per heavy atom. The van der Waals surface area contributed by atoms with Gasteiger partial charge in [0.05, 0.1) is 11.3 Å². The molecule has 0 radical (unpaired) electrons. The zero-order chi connectivity index (χ0) is 28.9. The molecule has 5 atom stereocenters. The van der Waals surface area contributed by atoms with E-state index in [2.05, 4.69) is 50.2 Å². The number of fused-ring (bicyclic) bond motifs is 4. The Morgan fingerprint density at radius 3 is 2.34 bits per heavy atom. The van der Waals surface area contributed by atoms with Crippen molar-refractivity contribution in [2.24, 2.45) is 23.2 Å². The lowest BCUT2D eigenvalue weighted by Crippen LogP contribution is -2.45. The van der Waals surface area contributed by atoms with E-state index < -0.39 is 0 Å². The topological polar surface area (TPSA) is 54.5 Å². The molecule has 2 aromatic carbocycles. The van der Waals surface area contributed by atoms with Gasteiger partial charge in [-0.25, -0.2) is 0 Å². The van der Waals surface area contributed by atoms with Gasteiger partial charge in [0, 0.05) is 43.6 Å². The molecular formula is C36H41NO3S. The first-order valence-electron chi connectivity index (χ1n) is 15.1. The van der Waals surface area contributed by atoms with Crippen LogP contribution in [0.4, 0.5) is 5.69 Å². The second kappa shape index (κ2) is 11.1. The van der Waals surface area contributed by atoms with Crippen molar-refractivity contribution < 1.29 is 14.4 Å². The summed E-state index contributed by atoms with van der Waals surface area (Å²) in [5.41, 5.74) is 7.19. The summed E-state index contributed by atoms with van der Waals surface area (Å²) >= 11 is 1.64. The quantitative estimate of drug-likeness (QED) is 0.257. The summed E-state index contributed by atoms with van der Waals surface area (Å²) in [4.78, 5) is 42.6. The minimum atomic E-state index is -0.127. The highest BCUT2D eigenvalue weighted by Gasteiger charge is 2.58. The summed E-state index contributed by atoms with van der Waals surface area (Å²) in [5.74, 6) is 2.02. The standard InChI is InChI=1S/C36H41NO3S/c1-36-20-28(22-10-12-24(13-11-22)37(2)3)33-25-16-19-31(38)34(35(40)23-8-6-5-7-9-23)26(25)14-15-27(33)29(36)17-18-30(36)32(39)21-41-4/h5-13,27-30H,14-21H2,1-4H3. The molecule has 2 fully saturated rings. The highest BCUT2D eigenvalue weighted by Crippen LogP contribution is 2.66. The molecule has 0 aliphatic heterocycles. The van der Waals surface area contributed by atoms with Crippen LogP contribution in [0.25, 0.3) is 0 Å². The maximum Gasteiger partial charge on any atom is 0.196 e. The number of carbonyl (C=O) groups is 3. The molecule has 0 N–H and O–H groups in total. The highest BCUT2D eigenvalue weighted by molar-refractivity contribution is 7.99. The smallest absolute Gasteiger partial charge is 0.196 e. The Labute approximate surface area is 248 Å². The lowest BCUT2D eigenvalue weighted by molar-refractivity contribution is -0.125. The number of carbonyl (C=O) groups excluding carboxylic acids is 3. The summed E-state index contributed by atoms with van der Waals surface area (Å²) in [5, 5.41) is 0. The zero-order valence-electron chi connectivity index (χ0n) is 24.7. The van der Waals surface area contributed by atoms with Gasteiger partial charge in [-0.15, -0.1) is 0 Å². The number of ketones is 3. The normalized spacial score (nSPS) is 29.1. The number of hydrogen-bond donors (Lipinski definition) is 0. The summed E-state index contributed by atoms with van der Waals surface area (Å²) < 4.78 is 0. The van der Waals surface area contributed by atoms with E-state index in [0.717, 1.165) is 44.1 Å². The Hall–Kier alpha value is -2.92. The van der Waals surface area contributed by atoms with Gasteiger partial charge < -0.3 is 4.90 Å². The van der Waals surface area contributed by atoms with E-state index in [-0.39, 0.29) is 28.8 Å². The molecule has 0 saturated heterocycles. The van der Waals surface area contributed by atoms with Crippen molar-refractivity contribution in [3.05, 3.63) is 88.0 Å². The largest absolute Gasteiger partial charge is 0.378 e. The number of Topliss-reactive ketones (excluding diaryl/α,β-unsaturated/α-hetero) is 3.